The second-order valence-electron chi connectivity index (χ2n) is 4.54. The number of hydrogen-bond donors (Lipinski definition) is 2. The number of nitrogens with zero attached hydrogens (tertiary/aromatic N) is 1. The summed E-state index contributed by atoms with van der Waals surface area (Å²) in [5.74, 6) is -2.47. The van der Waals surface area contributed by atoms with Gasteiger partial charge in [0.1, 0.15) is 11.6 Å². The lowest BCUT2D eigenvalue weighted by atomic mass is 10.1. The van der Waals surface area contributed by atoms with Crippen molar-refractivity contribution < 1.29 is 13.6 Å². The number of carbonyl (C=O) groups excluding carboxylic acids is 1. The number of amides is 1. The van der Waals surface area contributed by atoms with Gasteiger partial charge in [0.2, 0.25) is 0 Å². The highest BCUT2D eigenvalue weighted by atomic mass is 19.1. The van der Waals surface area contributed by atoms with E-state index in [0.29, 0.717) is 22.7 Å². The Morgan fingerprint density at radius 3 is 2.73 bits per heavy atom. The van der Waals surface area contributed by atoms with Crippen molar-refractivity contribution in [3.8, 4) is 0 Å². The Balaban J connectivity index is 1.94. The van der Waals surface area contributed by atoms with E-state index in [0.717, 1.165) is 12.1 Å². The van der Waals surface area contributed by atoms with E-state index in [1.54, 1.807) is 6.07 Å². The van der Waals surface area contributed by atoms with E-state index in [4.69, 9.17) is 0 Å². The Bertz CT molecular complexity index is 937. The van der Waals surface area contributed by atoms with Crippen molar-refractivity contribution >= 4 is 22.5 Å². The largest absolute Gasteiger partial charge is 0.322 e. The lowest BCUT2D eigenvalue weighted by Gasteiger charge is -2.07. The molecule has 22 heavy (non-hydrogen) atoms. The third kappa shape index (κ3) is 2.56. The summed E-state index contributed by atoms with van der Waals surface area (Å²) >= 11 is 0. The maximum absolute atomic E-state index is 13.6. The topological polar surface area (TPSA) is 74.8 Å². The molecule has 0 bridgehead atoms. The summed E-state index contributed by atoms with van der Waals surface area (Å²) in [6.07, 6.45) is 1.27. The number of aromatic amines is 1. The normalized spacial score (nSPS) is 10.6. The standard InChI is InChI=1S/C15H9F2N3O2/c16-8-1-3-10(12(17)5-8)15(22)20-9-2-4-13-11(6-9)14(21)19-7-18-13/h1-7H,(H,20,22)(H,18,19,21). The first-order valence-corrected chi connectivity index (χ1v) is 6.28. The minimum absolute atomic E-state index is 0.290. The van der Waals surface area contributed by atoms with E-state index >= 15 is 0 Å². The van der Waals surface area contributed by atoms with Crippen LogP contribution in [0.4, 0.5) is 14.5 Å². The van der Waals surface area contributed by atoms with Crippen molar-refractivity contribution in [2.45, 2.75) is 0 Å². The number of rotatable bonds is 2. The predicted molar refractivity (Wildman–Crippen MR) is 76.7 cm³/mol. The lowest BCUT2D eigenvalue weighted by Crippen LogP contribution is -2.14. The summed E-state index contributed by atoms with van der Waals surface area (Å²) in [7, 11) is 0. The molecule has 0 aliphatic carbocycles. The fraction of sp³-hybridized carbons (Fsp3) is 0. The second-order valence-corrected chi connectivity index (χ2v) is 4.54. The smallest absolute Gasteiger partial charge is 0.258 e. The van der Waals surface area contributed by atoms with Crippen LogP contribution in [0.1, 0.15) is 10.4 Å². The molecule has 0 radical (unpaired) electrons. The number of anilines is 1. The minimum atomic E-state index is -0.960. The third-order valence-corrected chi connectivity index (χ3v) is 3.07. The average Bonchev–Trinajstić information content (AvgIpc) is 2.48. The Labute approximate surface area is 122 Å². The molecule has 2 N–H and O–H groups in total. The summed E-state index contributed by atoms with van der Waals surface area (Å²) in [4.78, 5) is 30.1. The molecule has 1 amide bonds. The summed E-state index contributed by atoms with van der Waals surface area (Å²) in [5, 5.41) is 2.75. The quantitative estimate of drug-likeness (QED) is 0.763. The Morgan fingerprint density at radius 1 is 1.14 bits per heavy atom. The van der Waals surface area contributed by atoms with E-state index in [-0.39, 0.29) is 11.1 Å². The van der Waals surface area contributed by atoms with E-state index in [1.165, 1.54) is 18.5 Å². The summed E-state index contributed by atoms with van der Waals surface area (Å²) in [5.41, 5.74) is 0.130. The number of nitrogens with one attached hydrogen (secondary N) is 2. The van der Waals surface area contributed by atoms with Gasteiger partial charge >= 0.3 is 0 Å². The van der Waals surface area contributed by atoms with E-state index < -0.39 is 17.5 Å². The predicted octanol–water partition coefficient (Wildman–Crippen LogP) is 2.45. The number of H-pyrrole nitrogens is 1. The van der Waals surface area contributed by atoms with Crippen molar-refractivity contribution in [1.82, 2.24) is 9.97 Å². The first kappa shape index (κ1) is 13.9. The highest BCUT2D eigenvalue weighted by molar-refractivity contribution is 6.05. The van der Waals surface area contributed by atoms with E-state index in [1.807, 2.05) is 0 Å². The molecule has 3 rings (SSSR count). The summed E-state index contributed by atoms with van der Waals surface area (Å²) in [6, 6.07) is 7.20. The van der Waals surface area contributed by atoms with Crippen molar-refractivity contribution in [2.75, 3.05) is 5.32 Å². The molecule has 0 atom stereocenters. The second kappa shape index (κ2) is 5.36. The Kier molecular flexibility index (Phi) is 3.38. The molecule has 0 fully saturated rings. The molecule has 1 aromatic heterocycles. The summed E-state index contributed by atoms with van der Waals surface area (Å²) in [6.45, 7) is 0. The maximum Gasteiger partial charge on any atom is 0.258 e. The number of fused-ring (bicyclic) bond motifs is 1. The fourth-order valence-electron chi connectivity index (χ4n) is 2.02. The van der Waals surface area contributed by atoms with Gasteiger partial charge in [0, 0.05) is 11.8 Å². The van der Waals surface area contributed by atoms with Crippen LogP contribution < -0.4 is 10.9 Å². The average molecular weight is 301 g/mol. The van der Waals surface area contributed by atoms with Gasteiger partial charge in [0.05, 0.1) is 22.8 Å². The molecule has 3 aromatic rings. The van der Waals surface area contributed by atoms with Gasteiger partial charge in [-0.15, -0.1) is 0 Å². The molecule has 0 unspecified atom stereocenters. The molecule has 0 saturated heterocycles. The van der Waals surface area contributed by atoms with Crippen LogP contribution in [0.25, 0.3) is 10.9 Å². The van der Waals surface area contributed by atoms with Crippen LogP contribution in [0.15, 0.2) is 47.5 Å². The number of carbonyl (C=O) groups is 1. The van der Waals surface area contributed by atoms with Crippen LogP contribution in [0.5, 0.6) is 0 Å². The zero-order valence-corrected chi connectivity index (χ0v) is 11.1. The van der Waals surface area contributed by atoms with Crippen molar-refractivity contribution in [3.05, 3.63) is 70.3 Å². The van der Waals surface area contributed by atoms with Crippen molar-refractivity contribution in [1.29, 1.82) is 0 Å². The molecule has 0 aliphatic rings. The van der Waals surface area contributed by atoms with Gasteiger partial charge in [-0.1, -0.05) is 0 Å². The number of benzene rings is 2. The molecule has 7 heteroatoms. The zero-order chi connectivity index (χ0) is 15.7. The van der Waals surface area contributed by atoms with Crippen LogP contribution in [-0.2, 0) is 0 Å². The van der Waals surface area contributed by atoms with Crippen molar-refractivity contribution in [2.24, 2.45) is 0 Å². The van der Waals surface area contributed by atoms with Gasteiger partial charge in [-0.25, -0.2) is 13.8 Å². The molecule has 1 heterocycles. The SMILES string of the molecule is O=C(Nc1ccc2nc[nH]c(=O)c2c1)c1ccc(F)cc1F. The maximum atomic E-state index is 13.6. The monoisotopic (exact) mass is 301 g/mol. The fourth-order valence-corrected chi connectivity index (χ4v) is 2.02. The highest BCUT2D eigenvalue weighted by Gasteiger charge is 2.13. The van der Waals surface area contributed by atoms with Crippen LogP contribution in [0.2, 0.25) is 0 Å². The van der Waals surface area contributed by atoms with Gasteiger partial charge in [-0.3, -0.25) is 9.59 Å². The van der Waals surface area contributed by atoms with Crippen molar-refractivity contribution in [3.63, 3.8) is 0 Å². The molecular weight excluding hydrogens is 292 g/mol. The zero-order valence-electron chi connectivity index (χ0n) is 11.1. The van der Waals surface area contributed by atoms with Gasteiger partial charge in [0.15, 0.2) is 0 Å². The molecule has 0 spiro atoms. The highest BCUT2D eigenvalue weighted by Crippen LogP contribution is 2.16. The third-order valence-electron chi connectivity index (χ3n) is 3.07. The van der Waals surface area contributed by atoms with Gasteiger partial charge in [0.25, 0.3) is 11.5 Å². The minimum Gasteiger partial charge on any atom is -0.322 e. The van der Waals surface area contributed by atoms with Crippen LogP contribution in [0.3, 0.4) is 0 Å². The molecule has 0 saturated carbocycles. The lowest BCUT2D eigenvalue weighted by molar-refractivity contribution is 0.102. The first-order valence-electron chi connectivity index (χ1n) is 6.28. The van der Waals surface area contributed by atoms with E-state index in [9.17, 15) is 18.4 Å². The Morgan fingerprint density at radius 2 is 1.95 bits per heavy atom. The van der Waals surface area contributed by atoms with Crippen LogP contribution in [-0.4, -0.2) is 15.9 Å². The number of halogens is 2. The molecule has 2 aromatic carbocycles. The Hall–Kier alpha value is -3.09. The summed E-state index contributed by atoms with van der Waals surface area (Å²) < 4.78 is 26.4. The van der Waals surface area contributed by atoms with Gasteiger partial charge < -0.3 is 10.3 Å². The number of aromatic nitrogens is 2. The first-order chi connectivity index (χ1) is 10.5. The molecule has 5 nitrogen and oxygen atoms in total. The van der Waals surface area contributed by atoms with Crippen LogP contribution in [0, 0.1) is 11.6 Å². The molecule has 110 valence electrons. The van der Waals surface area contributed by atoms with E-state index in [2.05, 4.69) is 15.3 Å². The van der Waals surface area contributed by atoms with Gasteiger partial charge in [-0.2, -0.15) is 0 Å². The van der Waals surface area contributed by atoms with Crippen LogP contribution >= 0.6 is 0 Å². The van der Waals surface area contributed by atoms with Gasteiger partial charge in [-0.05, 0) is 30.3 Å². The number of hydrogen-bond acceptors (Lipinski definition) is 3. The molecule has 0 aliphatic heterocycles. The molecular formula is C15H9F2N3O2.